The standard InChI is InChI=1S/C16H18F2N2O2S/c1-20(2)23(21,22)15-6-3-12(4-7-15)10-19-11-13-9-14(17)5-8-16(13)18/h3-9,19H,10-11H2,1-2H3. The second-order valence-electron chi connectivity index (χ2n) is 5.27. The summed E-state index contributed by atoms with van der Waals surface area (Å²) in [7, 11) is -0.505. The third-order valence-electron chi connectivity index (χ3n) is 3.35. The van der Waals surface area contributed by atoms with E-state index in [0.29, 0.717) is 6.54 Å². The zero-order valence-corrected chi connectivity index (χ0v) is 13.7. The summed E-state index contributed by atoms with van der Waals surface area (Å²) in [6.07, 6.45) is 0. The van der Waals surface area contributed by atoms with Gasteiger partial charge in [0.25, 0.3) is 0 Å². The highest BCUT2D eigenvalue weighted by Gasteiger charge is 2.16. The Morgan fingerprint density at radius 1 is 1.00 bits per heavy atom. The number of nitrogens with one attached hydrogen (secondary N) is 1. The van der Waals surface area contributed by atoms with Gasteiger partial charge < -0.3 is 5.32 Å². The molecule has 2 aromatic rings. The lowest BCUT2D eigenvalue weighted by Crippen LogP contribution is -2.22. The topological polar surface area (TPSA) is 49.4 Å². The van der Waals surface area contributed by atoms with Crippen LogP contribution in [0.3, 0.4) is 0 Å². The first kappa shape index (κ1) is 17.5. The minimum Gasteiger partial charge on any atom is -0.309 e. The van der Waals surface area contributed by atoms with E-state index in [-0.39, 0.29) is 17.0 Å². The van der Waals surface area contributed by atoms with Gasteiger partial charge in [-0.1, -0.05) is 12.1 Å². The molecule has 2 aromatic carbocycles. The molecule has 124 valence electrons. The van der Waals surface area contributed by atoms with Gasteiger partial charge in [-0.2, -0.15) is 0 Å². The number of hydrogen-bond acceptors (Lipinski definition) is 3. The maximum atomic E-state index is 13.5. The maximum Gasteiger partial charge on any atom is 0.242 e. The molecule has 4 nitrogen and oxygen atoms in total. The Morgan fingerprint density at radius 3 is 2.26 bits per heavy atom. The van der Waals surface area contributed by atoms with Crippen LogP contribution in [0.4, 0.5) is 8.78 Å². The highest BCUT2D eigenvalue weighted by Crippen LogP contribution is 2.14. The van der Waals surface area contributed by atoms with E-state index in [1.54, 1.807) is 12.1 Å². The number of halogens is 2. The molecule has 0 aliphatic carbocycles. The van der Waals surface area contributed by atoms with Gasteiger partial charge in [-0.15, -0.1) is 0 Å². The number of rotatable bonds is 6. The molecular weight excluding hydrogens is 322 g/mol. The lowest BCUT2D eigenvalue weighted by molar-refractivity contribution is 0.520. The summed E-state index contributed by atoms with van der Waals surface area (Å²) in [5.41, 5.74) is 1.09. The summed E-state index contributed by atoms with van der Waals surface area (Å²) in [4.78, 5) is 0.211. The molecule has 7 heteroatoms. The fraction of sp³-hybridized carbons (Fsp3) is 0.250. The Kier molecular flexibility index (Phi) is 5.46. The Bertz CT molecular complexity index is 775. The molecule has 0 radical (unpaired) electrons. The van der Waals surface area contributed by atoms with Crippen LogP contribution in [0.1, 0.15) is 11.1 Å². The third kappa shape index (κ3) is 4.34. The molecule has 0 atom stereocenters. The minimum absolute atomic E-state index is 0.182. The third-order valence-corrected chi connectivity index (χ3v) is 5.18. The van der Waals surface area contributed by atoms with Crippen molar-refractivity contribution in [2.24, 2.45) is 0 Å². The van der Waals surface area contributed by atoms with Crippen molar-refractivity contribution in [3.05, 3.63) is 65.2 Å². The Balaban J connectivity index is 1.98. The molecule has 0 heterocycles. The van der Waals surface area contributed by atoms with Gasteiger partial charge in [0.15, 0.2) is 0 Å². The van der Waals surface area contributed by atoms with Crippen LogP contribution in [-0.4, -0.2) is 26.8 Å². The zero-order valence-electron chi connectivity index (χ0n) is 12.9. The van der Waals surface area contributed by atoms with Crippen molar-refractivity contribution in [2.75, 3.05) is 14.1 Å². The molecule has 0 saturated carbocycles. The Morgan fingerprint density at radius 2 is 1.65 bits per heavy atom. The summed E-state index contributed by atoms with van der Waals surface area (Å²) in [5, 5.41) is 3.00. The van der Waals surface area contributed by atoms with E-state index in [4.69, 9.17) is 0 Å². The fourth-order valence-electron chi connectivity index (χ4n) is 2.01. The SMILES string of the molecule is CN(C)S(=O)(=O)c1ccc(CNCc2cc(F)ccc2F)cc1. The summed E-state index contributed by atoms with van der Waals surface area (Å²) in [5.74, 6) is -0.951. The predicted molar refractivity (Wildman–Crippen MR) is 84.2 cm³/mol. The predicted octanol–water partition coefficient (Wildman–Crippen LogP) is 2.50. The smallest absolute Gasteiger partial charge is 0.242 e. The van der Waals surface area contributed by atoms with Gasteiger partial charge in [0.05, 0.1) is 4.90 Å². The maximum absolute atomic E-state index is 13.5. The summed E-state index contributed by atoms with van der Waals surface area (Å²) in [6.45, 7) is 0.597. The summed E-state index contributed by atoms with van der Waals surface area (Å²) >= 11 is 0. The van der Waals surface area contributed by atoms with Gasteiger partial charge in [0, 0.05) is 32.7 Å². The van der Waals surface area contributed by atoms with Crippen molar-refractivity contribution in [3.8, 4) is 0 Å². The van der Waals surface area contributed by atoms with Crippen LogP contribution in [0, 0.1) is 11.6 Å². The Hall–Kier alpha value is -1.83. The van der Waals surface area contributed by atoms with Crippen molar-refractivity contribution in [2.45, 2.75) is 18.0 Å². The lowest BCUT2D eigenvalue weighted by Gasteiger charge is -2.12. The van der Waals surface area contributed by atoms with Crippen LogP contribution >= 0.6 is 0 Å². The normalized spacial score (nSPS) is 11.9. The number of nitrogens with zero attached hydrogens (tertiary/aromatic N) is 1. The van der Waals surface area contributed by atoms with Gasteiger partial charge in [-0.05, 0) is 35.9 Å². The quantitative estimate of drug-likeness (QED) is 0.879. The van der Waals surface area contributed by atoms with Crippen molar-refractivity contribution in [3.63, 3.8) is 0 Å². The van der Waals surface area contributed by atoms with Crippen LogP contribution in [-0.2, 0) is 23.1 Å². The first-order valence-electron chi connectivity index (χ1n) is 6.97. The highest BCUT2D eigenvalue weighted by atomic mass is 32.2. The van der Waals surface area contributed by atoms with Crippen molar-refractivity contribution in [1.29, 1.82) is 0 Å². The first-order chi connectivity index (χ1) is 10.8. The van der Waals surface area contributed by atoms with Crippen LogP contribution < -0.4 is 5.32 Å². The summed E-state index contributed by atoms with van der Waals surface area (Å²) in [6, 6.07) is 9.73. The number of hydrogen-bond donors (Lipinski definition) is 1. The van der Waals surface area contributed by atoms with Gasteiger partial charge in [0.2, 0.25) is 10.0 Å². The zero-order chi connectivity index (χ0) is 17.0. The molecule has 23 heavy (non-hydrogen) atoms. The monoisotopic (exact) mass is 340 g/mol. The molecule has 0 aromatic heterocycles. The van der Waals surface area contributed by atoms with Crippen molar-refractivity contribution in [1.82, 2.24) is 9.62 Å². The molecule has 0 aliphatic rings. The molecule has 0 unspecified atom stereocenters. The molecule has 1 N–H and O–H groups in total. The first-order valence-corrected chi connectivity index (χ1v) is 8.41. The summed E-state index contributed by atoms with van der Waals surface area (Å²) < 4.78 is 51.6. The molecule has 0 amide bonds. The van der Waals surface area contributed by atoms with E-state index in [2.05, 4.69) is 5.32 Å². The van der Waals surface area contributed by atoms with E-state index >= 15 is 0 Å². The van der Waals surface area contributed by atoms with E-state index in [1.807, 2.05) is 0 Å². The molecule has 0 fully saturated rings. The molecule has 0 aliphatic heterocycles. The highest BCUT2D eigenvalue weighted by molar-refractivity contribution is 7.89. The molecule has 0 bridgehead atoms. The van der Waals surface area contributed by atoms with Crippen LogP contribution in [0.15, 0.2) is 47.4 Å². The fourth-order valence-corrected chi connectivity index (χ4v) is 2.91. The molecule has 0 saturated heterocycles. The van der Waals surface area contributed by atoms with E-state index < -0.39 is 21.7 Å². The lowest BCUT2D eigenvalue weighted by atomic mass is 10.2. The number of benzene rings is 2. The van der Waals surface area contributed by atoms with Gasteiger partial charge in [-0.25, -0.2) is 21.5 Å². The Labute approximate surface area is 134 Å². The second-order valence-corrected chi connectivity index (χ2v) is 7.42. The van der Waals surface area contributed by atoms with E-state index in [1.165, 1.54) is 26.2 Å². The van der Waals surface area contributed by atoms with Crippen LogP contribution in [0.5, 0.6) is 0 Å². The van der Waals surface area contributed by atoms with Crippen LogP contribution in [0.25, 0.3) is 0 Å². The van der Waals surface area contributed by atoms with E-state index in [0.717, 1.165) is 28.1 Å². The molecule has 2 rings (SSSR count). The van der Waals surface area contributed by atoms with Gasteiger partial charge in [0.1, 0.15) is 11.6 Å². The van der Waals surface area contributed by atoms with Gasteiger partial charge in [-0.3, -0.25) is 0 Å². The average Bonchev–Trinajstić information content (AvgIpc) is 2.51. The molecule has 0 spiro atoms. The van der Waals surface area contributed by atoms with E-state index in [9.17, 15) is 17.2 Å². The molecular formula is C16H18F2N2O2S. The largest absolute Gasteiger partial charge is 0.309 e. The van der Waals surface area contributed by atoms with Gasteiger partial charge >= 0.3 is 0 Å². The van der Waals surface area contributed by atoms with Crippen molar-refractivity contribution >= 4 is 10.0 Å². The van der Waals surface area contributed by atoms with Crippen molar-refractivity contribution < 1.29 is 17.2 Å². The average molecular weight is 340 g/mol. The number of sulfonamides is 1. The second kappa shape index (κ2) is 7.16. The minimum atomic E-state index is -3.45. The van der Waals surface area contributed by atoms with Crippen LogP contribution in [0.2, 0.25) is 0 Å².